The van der Waals surface area contributed by atoms with Crippen LogP contribution in [0.4, 0.5) is 5.13 Å². The molecule has 1 aliphatic carbocycles. The zero-order chi connectivity index (χ0) is 26.8. The van der Waals surface area contributed by atoms with Crippen molar-refractivity contribution in [2.24, 2.45) is 0 Å². The van der Waals surface area contributed by atoms with E-state index in [2.05, 4.69) is 10.1 Å². The SMILES string of the molecule is CC.O=C(O)c1ccc2nc(N3CCC(OCc4c(-c5c(Cl)cccc5Cl)noc4C4CC4)CC3)sc2c1. The number of benzene rings is 2. The number of hydrogen-bond donors (Lipinski definition) is 1. The van der Waals surface area contributed by atoms with Crippen LogP contribution in [0.1, 0.15) is 67.1 Å². The second-order valence-corrected chi connectivity index (χ2v) is 11.0. The second kappa shape index (κ2) is 11.6. The van der Waals surface area contributed by atoms with Crippen LogP contribution >= 0.6 is 34.5 Å². The minimum absolute atomic E-state index is 0.103. The van der Waals surface area contributed by atoms with Gasteiger partial charge in [-0.05, 0) is 56.0 Å². The molecule has 200 valence electrons. The molecule has 0 unspecified atom stereocenters. The van der Waals surface area contributed by atoms with Gasteiger partial charge in [-0.25, -0.2) is 9.78 Å². The molecule has 1 aliphatic heterocycles. The molecule has 0 bridgehead atoms. The van der Waals surface area contributed by atoms with Crippen molar-refractivity contribution < 1.29 is 19.2 Å². The van der Waals surface area contributed by atoms with Gasteiger partial charge < -0.3 is 19.3 Å². The summed E-state index contributed by atoms with van der Waals surface area (Å²) in [5, 5.41) is 15.6. The Kier molecular flexibility index (Phi) is 8.23. The average molecular weight is 575 g/mol. The van der Waals surface area contributed by atoms with Gasteiger partial charge in [-0.1, -0.05) is 59.6 Å². The highest BCUT2D eigenvalue weighted by Crippen LogP contribution is 2.46. The van der Waals surface area contributed by atoms with Gasteiger partial charge in [-0.2, -0.15) is 0 Å². The Morgan fingerprint density at radius 2 is 1.84 bits per heavy atom. The third kappa shape index (κ3) is 5.54. The molecule has 0 radical (unpaired) electrons. The Bertz CT molecular complexity index is 1420. The highest BCUT2D eigenvalue weighted by molar-refractivity contribution is 7.22. The van der Waals surface area contributed by atoms with Gasteiger partial charge in [0.25, 0.3) is 0 Å². The molecule has 38 heavy (non-hydrogen) atoms. The largest absolute Gasteiger partial charge is 0.478 e. The van der Waals surface area contributed by atoms with Crippen molar-refractivity contribution in [1.29, 1.82) is 0 Å². The standard InChI is InChI=1S/C26H23Cl2N3O4S.C2H6/c27-18-2-1-3-19(28)22(18)23-17(24(35-30-23)14-4-5-14)13-34-16-8-10-31(11-9-16)26-29-20-7-6-15(25(32)33)12-21(20)36-26;1-2/h1-3,6-7,12,14,16H,4-5,8-11,13H2,(H,32,33);1-2H3. The summed E-state index contributed by atoms with van der Waals surface area (Å²) >= 11 is 14.5. The Balaban J connectivity index is 0.00000144. The molecule has 0 spiro atoms. The lowest BCUT2D eigenvalue weighted by Crippen LogP contribution is -2.36. The summed E-state index contributed by atoms with van der Waals surface area (Å²) in [6.07, 6.45) is 4.01. The first kappa shape index (κ1) is 26.9. The number of carboxylic acid groups (broad SMARTS) is 1. The number of thiazole rings is 1. The molecule has 7 nitrogen and oxygen atoms in total. The highest BCUT2D eigenvalue weighted by atomic mass is 35.5. The van der Waals surface area contributed by atoms with Crippen LogP contribution in [0.5, 0.6) is 0 Å². The van der Waals surface area contributed by atoms with Crippen molar-refractivity contribution in [3.8, 4) is 11.3 Å². The summed E-state index contributed by atoms with van der Waals surface area (Å²) in [6.45, 7) is 6.03. The molecule has 10 heteroatoms. The number of carbonyl (C=O) groups is 1. The lowest BCUT2D eigenvalue weighted by Gasteiger charge is -2.31. The first-order valence-corrected chi connectivity index (χ1v) is 14.5. The minimum Gasteiger partial charge on any atom is -0.478 e. The summed E-state index contributed by atoms with van der Waals surface area (Å²) in [5.74, 6) is 0.338. The predicted octanol–water partition coefficient (Wildman–Crippen LogP) is 8.05. The molecule has 2 aromatic heterocycles. The fraction of sp³-hybridized carbons (Fsp3) is 0.393. The number of nitrogens with zero attached hydrogens (tertiary/aromatic N) is 3. The van der Waals surface area contributed by atoms with Gasteiger partial charge in [-0.3, -0.25) is 0 Å². The summed E-state index contributed by atoms with van der Waals surface area (Å²) in [5.41, 5.74) is 3.40. The molecular formula is C28H29Cl2N3O4S. The van der Waals surface area contributed by atoms with Gasteiger partial charge in [-0.15, -0.1) is 0 Å². The van der Waals surface area contributed by atoms with Gasteiger partial charge in [0.2, 0.25) is 0 Å². The number of fused-ring (bicyclic) bond motifs is 1. The predicted molar refractivity (Wildman–Crippen MR) is 152 cm³/mol. The van der Waals surface area contributed by atoms with Crippen LogP contribution in [0, 0.1) is 0 Å². The Hall–Kier alpha value is -2.65. The van der Waals surface area contributed by atoms with Crippen LogP contribution < -0.4 is 4.90 Å². The summed E-state index contributed by atoms with van der Waals surface area (Å²) in [6, 6.07) is 10.5. The highest BCUT2D eigenvalue weighted by Gasteiger charge is 2.34. The van der Waals surface area contributed by atoms with Gasteiger partial charge >= 0.3 is 5.97 Å². The maximum absolute atomic E-state index is 11.3. The van der Waals surface area contributed by atoms with E-state index in [1.165, 1.54) is 11.3 Å². The van der Waals surface area contributed by atoms with Crippen molar-refractivity contribution in [2.45, 2.75) is 58.2 Å². The van der Waals surface area contributed by atoms with Crippen LogP contribution in [0.2, 0.25) is 10.0 Å². The fourth-order valence-corrected chi connectivity index (χ4v) is 6.28. The molecule has 0 amide bonds. The van der Waals surface area contributed by atoms with E-state index in [0.29, 0.717) is 33.8 Å². The van der Waals surface area contributed by atoms with Gasteiger partial charge in [0, 0.05) is 30.1 Å². The van der Waals surface area contributed by atoms with Crippen molar-refractivity contribution in [3.63, 3.8) is 0 Å². The van der Waals surface area contributed by atoms with E-state index >= 15 is 0 Å². The van der Waals surface area contributed by atoms with E-state index in [0.717, 1.165) is 65.4 Å². The minimum atomic E-state index is -0.928. The third-order valence-corrected chi connectivity index (χ3v) is 8.48. The van der Waals surface area contributed by atoms with Crippen molar-refractivity contribution in [3.05, 3.63) is 63.3 Å². The Labute approximate surface area is 235 Å². The number of aromatic carboxylic acids is 1. The molecule has 1 saturated carbocycles. The molecule has 6 rings (SSSR count). The fourth-order valence-electron chi connectivity index (χ4n) is 4.64. The van der Waals surface area contributed by atoms with E-state index in [1.807, 2.05) is 19.9 Å². The maximum Gasteiger partial charge on any atom is 0.335 e. The molecule has 2 fully saturated rings. The van der Waals surface area contributed by atoms with Gasteiger partial charge in [0.05, 0.1) is 38.5 Å². The van der Waals surface area contributed by atoms with Crippen molar-refractivity contribution >= 4 is 55.9 Å². The normalized spacial score (nSPS) is 15.9. The molecule has 0 atom stereocenters. The first-order valence-electron chi connectivity index (χ1n) is 12.9. The molecule has 4 aromatic rings. The molecule has 3 heterocycles. The Morgan fingerprint density at radius 1 is 1.13 bits per heavy atom. The van der Waals surface area contributed by atoms with E-state index in [9.17, 15) is 9.90 Å². The maximum atomic E-state index is 11.3. The van der Waals surface area contributed by atoms with E-state index in [-0.39, 0.29) is 11.7 Å². The number of rotatable bonds is 7. The number of halogens is 2. The van der Waals surface area contributed by atoms with E-state index < -0.39 is 5.97 Å². The molecule has 1 N–H and O–H groups in total. The smallest absolute Gasteiger partial charge is 0.335 e. The molecular weight excluding hydrogens is 545 g/mol. The number of piperidine rings is 1. The lowest BCUT2D eigenvalue weighted by molar-refractivity contribution is 0.0246. The quantitative estimate of drug-likeness (QED) is 0.239. The molecule has 1 saturated heterocycles. The van der Waals surface area contributed by atoms with Crippen LogP contribution in [0.15, 0.2) is 40.9 Å². The third-order valence-electron chi connectivity index (χ3n) is 6.77. The van der Waals surface area contributed by atoms with Gasteiger partial charge in [0.1, 0.15) is 11.5 Å². The topological polar surface area (TPSA) is 88.7 Å². The van der Waals surface area contributed by atoms with E-state index in [1.54, 1.807) is 30.3 Å². The van der Waals surface area contributed by atoms with Crippen LogP contribution in [0.25, 0.3) is 21.5 Å². The summed E-state index contributed by atoms with van der Waals surface area (Å²) in [7, 11) is 0. The second-order valence-electron chi connectivity index (χ2n) is 9.23. The number of hydrogen-bond acceptors (Lipinski definition) is 7. The lowest BCUT2D eigenvalue weighted by atomic mass is 10.0. The number of aromatic nitrogens is 2. The van der Waals surface area contributed by atoms with Crippen LogP contribution in [0.3, 0.4) is 0 Å². The van der Waals surface area contributed by atoms with Crippen LogP contribution in [-0.4, -0.2) is 40.4 Å². The van der Waals surface area contributed by atoms with Crippen molar-refractivity contribution in [2.75, 3.05) is 18.0 Å². The summed E-state index contributed by atoms with van der Waals surface area (Å²) in [4.78, 5) is 18.2. The number of ether oxygens (including phenoxy) is 1. The molecule has 2 aliphatic rings. The zero-order valence-electron chi connectivity index (χ0n) is 21.2. The van der Waals surface area contributed by atoms with E-state index in [4.69, 9.17) is 37.4 Å². The van der Waals surface area contributed by atoms with Gasteiger partial charge in [0.15, 0.2) is 5.13 Å². The average Bonchev–Trinajstić information content (AvgIpc) is 3.55. The van der Waals surface area contributed by atoms with Crippen LogP contribution in [-0.2, 0) is 11.3 Å². The van der Waals surface area contributed by atoms with Crippen molar-refractivity contribution in [1.82, 2.24) is 10.1 Å². The monoisotopic (exact) mass is 573 g/mol. The zero-order valence-corrected chi connectivity index (χ0v) is 23.6. The Morgan fingerprint density at radius 3 is 2.50 bits per heavy atom. The first-order chi connectivity index (χ1) is 18.5. The number of anilines is 1. The summed E-state index contributed by atoms with van der Waals surface area (Å²) < 4.78 is 13.0. The number of carboxylic acids is 1. The molecule has 2 aromatic carbocycles.